The molecule has 27 heteroatoms. The van der Waals surface area contributed by atoms with Crippen LogP contribution in [0, 0.1) is 41.5 Å². The van der Waals surface area contributed by atoms with Crippen molar-refractivity contribution < 1.29 is 38.6 Å². The van der Waals surface area contributed by atoms with Crippen LogP contribution in [0.2, 0.25) is 0 Å². The zero-order valence-corrected chi connectivity index (χ0v) is 86.3. The third kappa shape index (κ3) is 33.1. The SMILES string of the molecule is CCN(C)c1ccc(N=C(C(=O)Nc2ccccc2C)c2nc3ccccc3c(=O)n2CCCCCCCCCCC(=O)O)c(C)c1.CCN(C)c1ccc(N=C(C(=O)Nc2ccccc2C)c2nc3ccccc3c(=O)n2CCCCCCCCCCCCNC(C)=O)c(C)c1.CCOC(=O)CCCCCCCn1c(C(=Nc2ccc(N(C)CC)cc2C)C(=O)Nc2ccccc2C)nc2ccccc2c1=O. The molecule has 0 radical (unpaired) electrons. The number of esters is 1. The molecule has 0 saturated carbocycles. The number of ether oxygens (including phenoxy) is 1. The highest BCUT2D eigenvalue weighted by atomic mass is 16.5. The first kappa shape index (κ1) is 111. The van der Waals surface area contributed by atoms with Crippen LogP contribution < -0.4 is 52.6 Å². The molecular formula is C116H146N16O11. The molecule has 0 spiro atoms. The molecule has 0 bridgehead atoms. The number of rotatable bonds is 51. The van der Waals surface area contributed by atoms with Crippen molar-refractivity contribution in [3.8, 4) is 0 Å². The number of para-hydroxylation sites is 6. The van der Waals surface area contributed by atoms with E-state index >= 15 is 0 Å². The summed E-state index contributed by atoms with van der Waals surface area (Å²) in [6.07, 6.45) is 23.2. The van der Waals surface area contributed by atoms with Gasteiger partial charge >= 0.3 is 11.9 Å². The normalized spacial score (nSPS) is 11.5. The fraction of sp³-hybridized carbons (Fsp3) is 0.405. The summed E-state index contributed by atoms with van der Waals surface area (Å²) in [7, 11) is 6.09. The summed E-state index contributed by atoms with van der Waals surface area (Å²) in [4.78, 5) is 154. The van der Waals surface area contributed by atoms with Crippen LogP contribution in [0.3, 0.4) is 0 Å². The average molecular weight is 1940 g/mol. The van der Waals surface area contributed by atoms with Crippen molar-refractivity contribution in [2.24, 2.45) is 15.0 Å². The lowest BCUT2D eigenvalue weighted by molar-refractivity contribution is -0.143. The van der Waals surface area contributed by atoms with Gasteiger partial charge in [-0.25, -0.2) is 29.9 Å². The lowest BCUT2D eigenvalue weighted by atomic mass is 10.1. The van der Waals surface area contributed by atoms with Gasteiger partial charge in [-0.15, -0.1) is 0 Å². The van der Waals surface area contributed by atoms with Gasteiger partial charge in [0.25, 0.3) is 34.4 Å². The number of amides is 4. The van der Waals surface area contributed by atoms with Crippen molar-refractivity contribution in [1.29, 1.82) is 0 Å². The fourth-order valence-corrected chi connectivity index (χ4v) is 16.9. The standard InChI is InChI=1S/C41H54N6O3.C38H47N5O4.C37H45N5O4/c1-6-46(5)33-25-26-36(31(3)29-33)43-38(40(49)45-35-23-17-15-21-30(35)2)39-44-37-24-18-16-22-34(37)41(50)47(39)28-20-14-12-10-8-7-9-11-13-19-27-42-32(4)48;1-5-42(4)29-23-24-32(28(3)26-29)39-35(37(46)41-31-20-15-13-18-27(31)2)36-40-33-21-16-14-19-30(33)38(47)43(36)25-17-11-9-7-6-8-10-12-22-34(44)45;1-6-41(5)28-22-23-31(27(4)25-28)38-34(36(44)40-30-19-14-12-17-26(30)3)35-39-32-20-15-13-18-29(32)37(45)42(35)24-16-10-8-9-11-21-33(43)46-7-2/h15-18,21-26,29H,6-14,19-20,27-28H2,1-5H3,(H,42,48)(H,45,49);13-16,18-21,23-24,26H,5-12,17,22,25H2,1-4H3,(H,41,46)(H,44,45);12-15,17-20,22-23,25H,6-11,16,21,24H2,1-5H3,(H,40,44). The second-order valence-electron chi connectivity index (χ2n) is 36.7. The number of aryl methyl sites for hydroxylation is 6. The third-order valence-electron chi connectivity index (χ3n) is 25.8. The topological polar surface area (TPSA) is 331 Å². The number of nitrogens with one attached hydrogen (secondary N) is 4. The van der Waals surface area contributed by atoms with Gasteiger partial charge in [0, 0.05) is 121 Å². The predicted molar refractivity (Wildman–Crippen MR) is 585 cm³/mol. The molecule has 0 saturated heterocycles. The van der Waals surface area contributed by atoms with Gasteiger partial charge in [0.05, 0.1) is 56.4 Å². The van der Waals surface area contributed by atoms with E-state index in [1.54, 1.807) is 57.9 Å². The number of aliphatic carboxylic acids is 1. The number of carbonyl (C=O) groups is 6. The molecule has 143 heavy (non-hydrogen) atoms. The number of carbonyl (C=O) groups excluding carboxylic acids is 5. The van der Waals surface area contributed by atoms with Crippen molar-refractivity contribution in [3.05, 3.63) is 282 Å². The second-order valence-corrected chi connectivity index (χ2v) is 36.7. The molecule has 756 valence electrons. The molecule has 0 aliphatic heterocycles. The number of nitrogens with zero attached hydrogens (tertiary/aromatic N) is 12. The maximum absolute atomic E-state index is 14.2. The summed E-state index contributed by atoms with van der Waals surface area (Å²) in [6, 6.07) is 62.3. The van der Waals surface area contributed by atoms with E-state index in [2.05, 4.69) is 62.8 Å². The van der Waals surface area contributed by atoms with Gasteiger partial charge in [-0.1, -0.05) is 200 Å². The number of aromatic nitrogens is 6. The number of hydrogen-bond acceptors (Lipinski definition) is 19. The van der Waals surface area contributed by atoms with Gasteiger partial charge in [0.15, 0.2) is 34.6 Å². The first-order chi connectivity index (χ1) is 69.1. The Morgan fingerprint density at radius 3 is 0.895 bits per heavy atom. The van der Waals surface area contributed by atoms with E-state index in [1.807, 2.05) is 226 Å². The van der Waals surface area contributed by atoms with Gasteiger partial charge in [-0.05, 0) is 250 Å². The quantitative estimate of drug-likeness (QED) is 0.0134. The number of hydrogen-bond donors (Lipinski definition) is 5. The van der Waals surface area contributed by atoms with E-state index in [-0.39, 0.29) is 69.6 Å². The highest BCUT2D eigenvalue weighted by Gasteiger charge is 2.29. The Morgan fingerprint density at radius 2 is 0.615 bits per heavy atom. The molecule has 0 aliphatic rings. The Labute approximate surface area is 842 Å². The molecule has 3 heterocycles. The highest BCUT2D eigenvalue weighted by molar-refractivity contribution is 6.50. The number of aliphatic imine (C=N–C) groups is 3. The minimum absolute atomic E-state index is 0.0385. The average Bonchev–Trinajstić information content (AvgIpc) is 0.776. The molecule has 3 aromatic heterocycles. The molecule has 0 atom stereocenters. The molecule has 0 fully saturated rings. The molecule has 9 aromatic carbocycles. The largest absolute Gasteiger partial charge is 0.481 e. The molecular weight excluding hydrogens is 1790 g/mol. The van der Waals surface area contributed by atoms with Crippen molar-refractivity contribution in [2.75, 3.05) is 84.6 Å². The van der Waals surface area contributed by atoms with E-state index in [9.17, 15) is 43.2 Å². The van der Waals surface area contributed by atoms with Crippen molar-refractivity contribution in [2.45, 2.75) is 256 Å². The van der Waals surface area contributed by atoms with Gasteiger partial charge < -0.3 is 45.8 Å². The number of fused-ring (bicyclic) bond motifs is 3. The molecule has 0 unspecified atom stereocenters. The molecule has 12 aromatic rings. The van der Waals surface area contributed by atoms with Crippen LogP contribution in [0.1, 0.15) is 246 Å². The van der Waals surface area contributed by atoms with Crippen LogP contribution in [0.15, 0.2) is 230 Å². The van der Waals surface area contributed by atoms with E-state index in [1.165, 1.54) is 25.7 Å². The Morgan fingerprint density at radius 1 is 0.343 bits per heavy atom. The van der Waals surface area contributed by atoms with E-state index < -0.39 is 23.7 Å². The van der Waals surface area contributed by atoms with Crippen molar-refractivity contribution in [1.82, 2.24) is 34.0 Å². The fourth-order valence-electron chi connectivity index (χ4n) is 16.9. The Bertz CT molecular complexity index is 6610. The first-order valence-corrected chi connectivity index (χ1v) is 51.1. The highest BCUT2D eigenvalue weighted by Crippen LogP contribution is 2.32. The lowest BCUT2D eigenvalue weighted by Crippen LogP contribution is -2.34. The molecule has 0 aliphatic carbocycles. The van der Waals surface area contributed by atoms with Crippen LogP contribution in [0.5, 0.6) is 0 Å². The summed E-state index contributed by atoms with van der Waals surface area (Å²) in [5.41, 5.74) is 13.8. The number of carboxylic acid groups (broad SMARTS) is 1. The van der Waals surface area contributed by atoms with Crippen LogP contribution >= 0.6 is 0 Å². The Balaban J connectivity index is 0.000000221. The molecule has 4 amide bonds. The van der Waals surface area contributed by atoms with Gasteiger partial charge in [-0.3, -0.25) is 56.9 Å². The number of anilines is 6. The minimum Gasteiger partial charge on any atom is -0.481 e. The van der Waals surface area contributed by atoms with Crippen molar-refractivity contribution >= 4 is 137 Å². The summed E-state index contributed by atoms with van der Waals surface area (Å²) in [5.74, 6) is -1.43. The molecule has 12 rings (SSSR count). The van der Waals surface area contributed by atoms with Crippen LogP contribution in [-0.4, -0.2) is 140 Å². The summed E-state index contributed by atoms with van der Waals surface area (Å²) < 4.78 is 9.86. The maximum atomic E-state index is 14.2. The van der Waals surface area contributed by atoms with E-state index in [4.69, 9.17) is 39.8 Å². The van der Waals surface area contributed by atoms with Gasteiger partial charge in [-0.2, -0.15) is 0 Å². The monoisotopic (exact) mass is 1940 g/mol. The lowest BCUT2D eigenvalue weighted by Gasteiger charge is -2.18. The summed E-state index contributed by atoms with van der Waals surface area (Å²) >= 11 is 0. The zero-order chi connectivity index (χ0) is 103. The van der Waals surface area contributed by atoms with Gasteiger partial charge in [0.2, 0.25) is 5.91 Å². The third-order valence-corrected chi connectivity index (χ3v) is 25.8. The number of unbranched alkanes of at least 4 members (excludes halogenated alkanes) is 20. The number of carboxylic acids is 1. The summed E-state index contributed by atoms with van der Waals surface area (Å²) in [6.45, 7) is 26.3. The van der Waals surface area contributed by atoms with E-state index in [0.717, 1.165) is 192 Å². The minimum atomic E-state index is -0.739. The number of benzene rings is 9. The van der Waals surface area contributed by atoms with Crippen LogP contribution in [0.25, 0.3) is 32.7 Å². The molecule has 5 N–H and O–H groups in total. The Kier molecular flexibility index (Phi) is 44.5. The maximum Gasteiger partial charge on any atom is 0.305 e. The van der Waals surface area contributed by atoms with Crippen LogP contribution in [0.4, 0.5) is 51.2 Å². The predicted octanol–water partition coefficient (Wildman–Crippen LogP) is 23.2. The Hall–Kier alpha value is -14.4. The van der Waals surface area contributed by atoms with Crippen LogP contribution in [-0.2, 0) is 53.1 Å². The molecule has 27 nitrogen and oxygen atoms in total. The second kappa shape index (κ2) is 57.5. The summed E-state index contributed by atoms with van der Waals surface area (Å²) in [5, 5.41) is 22.3. The first-order valence-electron chi connectivity index (χ1n) is 51.1. The zero-order valence-electron chi connectivity index (χ0n) is 86.3. The van der Waals surface area contributed by atoms with E-state index in [0.29, 0.717) is 106 Å². The van der Waals surface area contributed by atoms with Gasteiger partial charge in [0.1, 0.15) is 0 Å². The smallest absolute Gasteiger partial charge is 0.305 e. The van der Waals surface area contributed by atoms with Crippen molar-refractivity contribution in [3.63, 3.8) is 0 Å².